The second kappa shape index (κ2) is 3.21. The van der Waals surface area contributed by atoms with Crippen LogP contribution in [0.1, 0.15) is 46.0 Å². The van der Waals surface area contributed by atoms with Crippen LogP contribution in [0.25, 0.3) is 0 Å². The Balaban J connectivity index is 2.16. The predicted octanol–water partition coefficient (Wildman–Crippen LogP) is 1.95. The van der Waals surface area contributed by atoms with Crippen molar-refractivity contribution in [3.8, 4) is 0 Å². The van der Waals surface area contributed by atoms with Gasteiger partial charge in [-0.05, 0) is 49.4 Å². The highest BCUT2D eigenvalue weighted by Gasteiger charge is 2.61. The molecular formula is C12H22O2. The average molecular weight is 198 g/mol. The summed E-state index contributed by atoms with van der Waals surface area (Å²) in [7, 11) is 0. The van der Waals surface area contributed by atoms with Crippen molar-refractivity contribution in [2.45, 2.75) is 51.6 Å². The van der Waals surface area contributed by atoms with Crippen LogP contribution in [0.3, 0.4) is 0 Å². The lowest BCUT2D eigenvalue weighted by Crippen LogP contribution is -2.49. The predicted molar refractivity (Wildman–Crippen MR) is 55.9 cm³/mol. The molecule has 2 N–H and O–H groups in total. The summed E-state index contributed by atoms with van der Waals surface area (Å²) in [5.41, 5.74) is -0.441. The van der Waals surface area contributed by atoms with Crippen molar-refractivity contribution < 1.29 is 10.2 Å². The van der Waals surface area contributed by atoms with Crippen molar-refractivity contribution in [1.29, 1.82) is 0 Å². The summed E-state index contributed by atoms with van der Waals surface area (Å²) in [6.07, 6.45) is 5.20. The van der Waals surface area contributed by atoms with Gasteiger partial charge in [-0.1, -0.05) is 13.8 Å². The van der Waals surface area contributed by atoms with E-state index in [1.54, 1.807) is 0 Å². The molecule has 2 nitrogen and oxygen atoms in total. The first-order valence-corrected chi connectivity index (χ1v) is 5.85. The normalized spacial score (nSPS) is 44.6. The second-order valence-corrected chi connectivity index (χ2v) is 5.68. The first-order valence-electron chi connectivity index (χ1n) is 5.85. The highest BCUT2D eigenvalue weighted by atomic mass is 16.3. The van der Waals surface area contributed by atoms with Crippen molar-refractivity contribution >= 4 is 0 Å². The Morgan fingerprint density at radius 1 is 1.21 bits per heavy atom. The number of aliphatic hydroxyl groups excluding tert-OH is 1. The van der Waals surface area contributed by atoms with Crippen LogP contribution in [0.5, 0.6) is 0 Å². The van der Waals surface area contributed by atoms with Crippen molar-refractivity contribution in [1.82, 2.24) is 0 Å². The van der Waals surface area contributed by atoms with Crippen molar-refractivity contribution in [2.24, 2.45) is 17.3 Å². The average Bonchev–Trinajstić information content (AvgIpc) is 2.67. The third-order valence-electron chi connectivity index (χ3n) is 4.96. The summed E-state index contributed by atoms with van der Waals surface area (Å²) in [4.78, 5) is 0. The van der Waals surface area contributed by atoms with Crippen LogP contribution in [-0.4, -0.2) is 22.4 Å². The van der Waals surface area contributed by atoms with Gasteiger partial charge in [0, 0.05) is 6.61 Å². The van der Waals surface area contributed by atoms with Gasteiger partial charge in [-0.25, -0.2) is 0 Å². The van der Waals surface area contributed by atoms with Crippen molar-refractivity contribution in [3.05, 3.63) is 0 Å². The van der Waals surface area contributed by atoms with Crippen molar-refractivity contribution in [2.75, 3.05) is 6.61 Å². The van der Waals surface area contributed by atoms with E-state index in [-0.39, 0.29) is 12.0 Å². The molecule has 2 rings (SSSR count). The molecule has 0 spiro atoms. The summed E-state index contributed by atoms with van der Waals surface area (Å²) >= 11 is 0. The lowest BCUT2D eigenvalue weighted by Gasteiger charge is -2.46. The molecule has 2 aliphatic rings. The van der Waals surface area contributed by atoms with Gasteiger partial charge in [-0.2, -0.15) is 0 Å². The molecule has 0 heterocycles. The quantitative estimate of drug-likeness (QED) is 0.727. The number of rotatable bonds is 3. The van der Waals surface area contributed by atoms with Crippen LogP contribution < -0.4 is 0 Å². The van der Waals surface area contributed by atoms with Crippen molar-refractivity contribution in [3.63, 3.8) is 0 Å². The molecular weight excluding hydrogens is 176 g/mol. The molecule has 0 radical (unpaired) electrons. The fourth-order valence-corrected chi connectivity index (χ4v) is 3.83. The van der Waals surface area contributed by atoms with Gasteiger partial charge >= 0.3 is 0 Å². The van der Waals surface area contributed by atoms with E-state index in [4.69, 9.17) is 5.11 Å². The highest BCUT2D eigenvalue weighted by Crippen LogP contribution is 2.62. The second-order valence-electron chi connectivity index (χ2n) is 5.68. The molecule has 3 unspecified atom stereocenters. The highest BCUT2D eigenvalue weighted by molar-refractivity contribution is 5.11. The molecule has 2 aliphatic carbocycles. The Hall–Kier alpha value is -0.0800. The third-order valence-corrected chi connectivity index (χ3v) is 4.96. The molecule has 2 saturated carbocycles. The minimum atomic E-state index is -0.501. The van der Waals surface area contributed by atoms with Gasteiger partial charge in [0.2, 0.25) is 0 Å². The lowest BCUT2D eigenvalue weighted by atomic mass is 9.64. The van der Waals surface area contributed by atoms with Crippen LogP contribution in [0.15, 0.2) is 0 Å². The standard InChI is InChI=1S/C12H22O2/c1-11(2)9-4-5-10(8-9)12(11,14)6-3-7-13/h9-10,13-14H,3-8H2,1-2H3. The van der Waals surface area contributed by atoms with E-state index in [9.17, 15) is 5.11 Å². The zero-order valence-electron chi connectivity index (χ0n) is 9.29. The van der Waals surface area contributed by atoms with E-state index in [0.717, 1.165) is 12.8 Å². The summed E-state index contributed by atoms with van der Waals surface area (Å²) in [6, 6.07) is 0. The molecule has 2 bridgehead atoms. The number of hydrogen-bond acceptors (Lipinski definition) is 2. The first kappa shape index (κ1) is 10.4. The van der Waals surface area contributed by atoms with Crippen LogP contribution in [0.2, 0.25) is 0 Å². The number of aliphatic hydroxyl groups is 2. The topological polar surface area (TPSA) is 40.5 Å². The maximum atomic E-state index is 10.7. The molecule has 0 amide bonds. The molecule has 2 fully saturated rings. The Bertz CT molecular complexity index is 224. The van der Waals surface area contributed by atoms with E-state index in [0.29, 0.717) is 11.8 Å². The zero-order valence-corrected chi connectivity index (χ0v) is 9.29. The maximum Gasteiger partial charge on any atom is 0.0730 e. The molecule has 14 heavy (non-hydrogen) atoms. The molecule has 0 aromatic heterocycles. The Kier molecular flexibility index (Phi) is 2.39. The lowest BCUT2D eigenvalue weighted by molar-refractivity contribution is -0.114. The third kappa shape index (κ3) is 1.17. The van der Waals surface area contributed by atoms with Gasteiger partial charge in [-0.3, -0.25) is 0 Å². The summed E-state index contributed by atoms with van der Waals surface area (Å²) in [5.74, 6) is 1.20. The van der Waals surface area contributed by atoms with Crippen LogP contribution in [0.4, 0.5) is 0 Å². The van der Waals surface area contributed by atoms with E-state index >= 15 is 0 Å². The van der Waals surface area contributed by atoms with E-state index in [1.807, 2.05) is 0 Å². The maximum absolute atomic E-state index is 10.7. The first-order chi connectivity index (χ1) is 6.52. The molecule has 3 atom stereocenters. The van der Waals surface area contributed by atoms with Crippen LogP contribution >= 0.6 is 0 Å². The molecule has 0 saturated heterocycles. The minimum absolute atomic E-state index is 0.0606. The largest absolute Gasteiger partial charge is 0.396 e. The van der Waals surface area contributed by atoms with Gasteiger partial charge in [0.05, 0.1) is 5.60 Å². The number of hydrogen-bond donors (Lipinski definition) is 2. The molecule has 0 aliphatic heterocycles. The van der Waals surface area contributed by atoms with Crippen LogP contribution in [-0.2, 0) is 0 Å². The smallest absolute Gasteiger partial charge is 0.0730 e. The number of fused-ring (bicyclic) bond motifs is 2. The van der Waals surface area contributed by atoms with Crippen LogP contribution in [0, 0.1) is 17.3 Å². The Morgan fingerprint density at radius 3 is 2.36 bits per heavy atom. The van der Waals surface area contributed by atoms with E-state index in [2.05, 4.69) is 13.8 Å². The fraction of sp³-hybridized carbons (Fsp3) is 1.00. The van der Waals surface area contributed by atoms with Gasteiger partial charge in [0.25, 0.3) is 0 Å². The van der Waals surface area contributed by atoms with E-state index < -0.39 is 5.60 Å². The fourth-order valence-electron chi connectivity index (χ4n) is 3.83. The monoisotopic (exact) mass is 198 g/mol. The SMILES string of the molecule is CC1(C)C2CCC(C2)C1(O)CCCO. The molecule has 0 aromatic rings. The Labute approximate surface area is 86.3 Å². The minimum Gasteiger partial charge on any atom is -0.396 e. The van der Waals surface area contributed by atoms with E-state index in [1.165, 1.54) is 19.3 Å². The zero-order chi connectivity index (χ0) is 10.4. The molecule has 2 heteroatoms. The van der Waals surface area contributed by atoms with Gasteiger partial charge in [0.1, 0.15) is 0 Å². The van der Waals surface area contributed by atoms with Gasteiger partial charge < -0.3 is 10.2 Å². The summed E-state index contributed by atoms with van der Waals surface area (Å²) < 4.78 is 0. The van der Waals surface area contributed by atoms with Gasteiger partial charge in [0.15, 0.2) is 0 Å². The summed E-state index contributed by atoms with van der Waals surface area (Å²) in [5, 5.41) is 19.6. The molecule has 0 aromatic carbocycles. The summed E-state index contributed by atoms with van der Waals surface area (Å²) in [6.45, 7) is 4.61. The molecule has 82 valence electrons. The van der Waals surface area contributed by atoms with Gasteiger partial charge in [-0.15, -0.1) is 0 Å². The Morgan fingerprint density at radius 2 is 1.86 bits per heavy atom.